The smallest absolute Gasteiger partial charge is 0.346 e. The van der Waals surface area contributed by atoms with Gasteiger partial charge in [-0.05, 0) is 25.0 Å². The molecule has 0 atom stereocenters. The molecule has 2 aromatic heterocycles. The fourth-order valence-corrected chi connectivity index (χ4v) is 3.91. The maximum atomic E-state index is 10.9. The Kier molecular flexibility index (Phi) is 2.33. The summed E-state index contributed by atoms with van der Waals surface area (Å²) in [4.78, 5) is 12.7. The number of carbonyl (C=O) groups is 1. The monoisotopic (exact) mass is 226 g/mol. The summed E-state index contributed by atoms with van der Waals surface area (Å²) in [5, 5.41) is 10.0. The topological polar surface area (TPSA) is 37.3 Å². The third-order valence-corrected chi connectivity index (χ3v) is 4.90. The molecule has 0 amide bonds. The van der Waals surface area contributed by atoms with E-state index < -0.39 is 5.97 Å². The lowest BCUT2D eigenvalue weighted by Gasteiger charge is -1.90. The van der Waals surface area contributed by atoms with Gasteiger partial charge in [-0.3, -0.25) is 0 Å². The van der Waals surface area contributed by atoms with Crippen LogP contribution >= 0.6 is 22.7 Å². The lowest BCUT2D eigenvalue weighted by Crippen LogP contribution is -1.93. The van der Waals surface area contributed by atoms with Crippen molar-refractivity contribution in [3.8, 4) is 0 Å². The second-order valence-corrected chi connectivity index (χ2v) is 5.54. The fraction of sp³-hybridized carbons (Fsp3) is 0.300. The molecule has 74 valence electrons. The van der Waals surface area contributed by atoms with Crippen LogP contribution in [0.3, 0.4) is 0 Å². The molecule has 0 unspecified atom stereocenters. The number of thiophene rings is 2. The second kappa shape index (κ2) is 3.37. The number of hydrogen-bond acceptors (Lipinski definition) is 3. The number of rotatable bonds is 2. The van der Waals surface area contributed by atoms with E-state index in [2.05, 4.69) is 13.0 Å². The van der Waals surface area contributed by atoms with Gasteiger partial charge in [0.05, 0.1) is 4.01 Å². The van der Waals surface area contributed by atoms with Crippen molar-refractivity contribution in [2.75, 3.05) is 0 Å². The van der Waals surface area contributed by atoms with Crippen LogP contribution in [0.4, 0.5) is 0 Å². The third-order valence-electron chi connectivity index (χ3n) is 2.23. The molecular weight excluding hydrogens is 216 g/mol. The van der Waals surface area contributed by atoms with E-state index >= 15 is 0 Å². The standard InChI is InChI=1S/C10H10O2S2/c1-3-6-4-7-5(2)8(9(11)12)14-10(7)13-6/h4H,3H2,1-2H3,(H,11,12). The van der Waals surface area contributed by atoms with Crippen LogP contribution in [0.25, 0.3) is 9.40 Å². The molecule has 0 spiro atoms. The van der Waals surface area contributed by atoms with E-state index in [9.17, 15) is 4.79 Å². The summed E-state index contributed by atoms with van der Waals surface area (Å²) in [6, 6.07) is 2.11. The van der Waals surface area contributed by atoms with Crippen LogP contribution in [0.1, 0.15) is 27.0 Å². The maximum absolute atomic E-state index is 10.9. The Hall–Kier alpha value is -0.870. The number of aromatic carboxylic acids is 1. The summed E-state index contributed by atoms with van der Waals surface area (Å²) in [7, 11) is 0. The van der Waals surface area contributed by atoms with Gasteiger partial charge in [-0.25, -0.2) is 4.79 Å². The number of aryl methyl sites for hydroxylation is 2. The summed E-state index contributed by atoms with van der Waals surface area (Å²) in [5.74, 6) is -0.811. The summed E-state index contributed by atoms with van der Waals surface area (Å²) in [6.45, 7) is 4.00. The first-order valence-corrected chi connectivity index (χ1v) is 6.02. The highest BCUT2D eigenvalue weighted by Gasteiger charge is 2.15. The summed E-state index contributed by atoms with van der Waals surface area (Å²) in [6.07, 6.45) is 1.02. The van der Waals surface area contributed by atoms with E-state index in [1.165, 1.54) is 16.2 Å². The Morgan fingerprint density at radius 3 is 2.71 bits per heavy atom. The molecule has 14 heavy (non-hydrogen) atoms. The Morgan fingerprint density at radius 1 is 1.50 bits per heavy atom. The molecule has 0 aliphatic carbocycles. The lowest BCUT2D eigenvalue weighted by atomic mass is 10.2. The zero-order chi connectivity index (χ0) is 10.3. The normalized spacial score (nSPS) is 11.0. The Balaban J connectivity index is 2.66. The van der Waals surface area contributed by atoms with Crippen LogP contribution in [0, 0.1) is 6.92 Å². The molecule has 2 rings (SSSR count). The zero-order valence-electron chi connectivity index (χ0n) is 7.96. The number of carboxylic acid groups (broad SMARTS) is 1. The molecule has 4 heteroatoms. The average Bonchev–Trinajstić information content (AvgIpc) is 2.65. The highest BCUT2D eigenvalue weighted by molar-refractivity contribution is 7.39. The summed E-state index contributed by atoms with van der Waals surface area (Å²) in [5.41, 5.74) is 0.911. The first-order valence-electron chi connectivity index (χ1n) is 4.38. The zero-order valence-corrected chi connectivity index (χ0v) is 9.59. The van der Waals surface area contributed by atoms with Gasteiger partial charge in [0, 0.05) is 10.3 Å². The van der Waals surface area contributed by atoms with Gasteiger partial charge >= 0.3 is 5.97 Å². The van der Waals surface area contributed by atoms with Crippen molar-refractivity contribution in [3.63, 3.8) is 0 Å². The second-order valence-electron chi connectivity index (χ2n) is 3.13. The Labute approximate surface area is 89.8 Å². The minimum Gasteiger partial charge on any atom is -0.477 e. The molecule has 2 nitrogen and oxygen atoms in total. The third kappa shape index (κ3) is 1.35. The summed E-state index contributed by atoms with van der Waals surface area (Å²) < 4.78 is 1.14. The van der Waals surface area contributed by atoms with Gasteiger partial charge < -0.3 is 5.11 Å². The van der Waals surface area contributed by atoms with E-state index in [1.54, 1.807) is 11.3 Å². The van der Waals surface area contributed by atoms with E-state index in [4.69, 9.17) is 5.11 Å². The predicted octanol–water partition coefficient (Wildman–Crippen LogP) is 3.53. The molecule has 0 aliphatic heterocycles. The van der Waals surface area contributed by atoms with E-state index in [1.807, 2.05) is 6.92 Å². The van der Waals surface area contributed by atoms with Crippen LogP contribution in [-0.2, 0) is 6.42 Å². The van der Waals surface area contributed by atoms with Gasteiger partial charge in [0.25, 0.3) is 0 Å². The minimum atomic E-state index is -0.811. The quantitative estimate of drug-likeness (QED) is 0.850. The minimum absolute atomic E-state index is 0.480. The highest BCUT2D eigenvalue weighted by atomic mass is 32.2. The van der Waals surface area contributed by atoms with Crippen molar-refractivity contribution in [2.24, 2.45) is 0 Å². The highest BCUT2D eigenvalue weighted by Crippen LogP contribution is 2.37. The molecule has 0 radical (unpaired) electrons. The number of carboxylic acids is 1. The Bertz CT molecular complexity index is 493. The van der Waals surface area contributed by atoms with Gasteiger partial charge in [-0.15, -0.1) is 22.7 Å². The number of hydrogen-bond donors (Lipinski definition) is 1. The van der Waals surface area contributed by atoms with Crippen LogP contribution in [0.5, 0.6) is 0 Å². The van der Waals surface area contributed by atoms with Crippen molar-refractivity contribution < 1.29 is 9.90 Å². The molecular formula is C10H10O2S2. The van der Waals surface area contributed by atoms with Gasteiger partial charge in [-0.1, -0.05) is 6.92 Å². The number of fused-ring (bicyclic) bond motifs is 1. The largest absolute Gasteiger partial charge is 0.477 e. The average molecular weight is 226 g/mol. The molecule has 0 aromatic carbocycles. The van der Waals surface area contributed by atoms with Crippen LogP contribution in [-0.4, -0.2) is 11.1 Å². The molecule has 0 saturated heterocycles. The lowest BCUT2D eigenvalue weighted by molar-refractivity contribution is 0.0701. The van der Waals surface area contributed by atoms with Crippen molar-refractivity contribution in [2.45, 2.75) is 20.3 Å². The molecule has 0 fully saturated rings. The van der Waals surface area contributed by atoms with Crippen molar-refractivity contribution in [1.82, 2.24) is 0 Å². The Morgan fingerprint density at radius 2 is 2.21 bits per heavy atom. The van der Waals surface area contributed by atoms with Crippen LogP contribution in [0.2, 0.25) is 0 Å². The molecule has 0 saturated carbocycles. The SMILES string of the molecule is CCc1cc2c(C)c(C(=O)O)sc2s1. The van der Waals surface area contributed by atoms with Gasteiger partial charge in [-0.2, -0.15) is 0 Å². The van der Waals surface area contributed by atoms with E-state index in [0.29, 0.717) is 4.88 Å². The molecule has 2 heterocycles. The summed E-state index contributed by atoms with van der Waals surface area (Å²) >= 11 is 3.09. The van der Waals surface area contributed by atoms with Gasteiger partial charge in [0.15, 0.2) is 0 Å². The fourth-order valence-electron chi connectivity index (χ4n) is 1.43. The molecule has 0 aliphatic rings. The molecule has 2 aromatic rings. The maximum Gasteiger partial charge on any atom is 0.346 e. The first kappa shape index (κ1) is 9.68. The first-order chi connectivity index (χ1) is 6.63. The molecule has 0 bridgehead atoms. The van der Waals surface area contributed by atoms with Crippen molar-refractivity contribution in [1.29, 1.82) is 0 Å². The van der Waals surface area contributed by atoms with Crippen LogP contribution in [0.15, 0.2) is 6.07 Å². The van der Waals surface area contributed by atoms with Crippen LogP contribution < -0.4 is 0 Å². The van der Waals surface area contributed by atoms with Crippen molar-refractivity contribution in [3.05, 3.63) is 21.4 Å². The molecule has 1 N–H and O–H groups in total. The van der Waals surface area contributed by atoms with E-state index in [0.717, 1.165) is 21.4 Å². The van der Waals surface area contributed by atoms with Crippen molar-refractivity contribution >= 4 is 38.0 Å². The van der Waals surface area contributed by atoms with Gasteiger partial charge in [0.1, 0.15) is 4.88 Å². The van der Waals surface area contributed by atoms with Gasteiger partial charge in [0.2, 0.25) is 0 Å². The predicted molar refractivity (Wildman–Crippen MR) is 60.8 cm³/mol. The van der Waals surface area contributed by atoms with E-state index in [-0.39, 0.29) is 0 Å².